The van der Waals surface area contributed by atoms with Gasteiger partial charge in [-0.15, -0.1) is 0 Å². The molecule has 3 N–H and O–H groups in total. The maximum absolute atomic E-state index is 11.3. The second-order valence-electron chi connectivity index (χ2n) is 7.77. The highest BCUT2D eigenvalue weighted by molar-refractivity contribution is 5.80. The zero-order chi connectivity index (χ0) is 21.2. The molecule has 0 bridgehead atoms. The number of hydrogen-bond donors (Lipinski definition) is 2. The van der Waals surface area contributed by atoms with Gasteiger partial charge in [-0.05, 0) is 35.4 Å². The Bertz CT molecular complexity index is 838. The van der Waals surface area contributed by atoms with Crippen molar-refractivity contribution in [3.63, 3.8) is 0 Å². The van der Waals surface area contributed by atoms with Gasteiger partial charge in [-0.2, -0.15) is 0 Å². The number of carbonyl (C=O) groups excluding carboxylic acids is 1. The summed E-state index contributed by atoms with van der Waals surface area (Å²) in [6, 6.07) is 18.5. The van der Waals surface area contributed by atoms with E-state index < -0.39 is 0 Å². The molecule has 1 unspecified atom stereocenters. The molecule has 1 aliphatic rings. The van der Waals surface area contributed by atoms with Gasteiger partial charge in [-0.25, -0.2) is 0 Å². The lowest BCUT2D eigenvalue weighted by atomic mass is 9.95. The zero-order valence-corrected chi connectivity index (χ0v) is 17.7. The summed E-state index contributed by atoms with van der Waals surface area (Å²) in [6.45, 7) is 3.59. The summed E-state index contributed by atoms with van der Waals surface area (Å²) in [6.07, 6.45) is 2.52. The average molecular weight is 409 g/mol. The first-order valence-corrected chi connectivity index (χ1v) is 10.6. The molecule has 1 saturated heterocycles. The third-order valence-corrected chi connectivity index (χ3v) is 5.44. The van der Waals surface area contributed by atoms with Crippen LogP contribution >= 0.6 is 0 Å². The Morgan fingerprint density at radius 3 is 2.60 bits per heavy atom. The smallest absolute Gasteiger partial charge is 0.217 e. The Morgan fingerprint density at radius 2 is 1.87 bits per heavy atom. The van der Waals surface area contributed by atoms with Crippen LogP contribution in [0.4, 0.5) is 0 Å². The van der Waals surface area contributed by atoms with Crippen molar-refractivity contribution in [3.8, 4) is 0 Å². The van der Waals surface area contributed by atoms with Crippen LogP contribution < -0.4 is 11.1 Å². The second kappa shape index (κ2) is 11.4. The summed E-state index contributed by atoms with van der Waals surface area (Å²) in [5, 5.41) is 3.48. The number of hydrogen-bond acceptors (Lipinski definition) is 3. The number of guanidine groups is 1. The molecular weight excluding hydrogens is 376 g/mol. The fourth-order valence-corrected chi connectivity index (χ4v) is 3.94. The third-order valence-electron chi connectivity index (χ3n) is 5.44. The normalized spacial score (nSPS) is 17.0. The van der Waals surface area contributed by atoms with Crippen LogP contribution in [0, 0.1) is 5.92 Å². The van der Waals surface area contributed by atoms with Crippen LogP contribution in [0.3, 0.4) is 0 Å². The SMILES string of the molecule is CN=C(NCc1ccccc1COCc1ccccc1)N1CCCC(CC(N)=O)C1. The highest BCUT2D eigenvalue weighted by Crippen LogP contribution is 2.19. The van der Waals surface area contributed by atoms with Gasteiger partial charge in [0, 0.05) is 33.1 Å². The van der Waals surface area contributed by atoms with Gasteiger partial charge in [0.1, 0.15) is 0 Å². The van der Waals surface area contributed by atoms with Gasteiger partial charge in [0.25, 0.3) is 0 Å². The maximum atomic E-state index is 11.3. The van der Waals surface area contributed by atoms with Crippen LogP contribution in [0.1, 0.15) is 36.0 Å². The lowest BCUT2D eigenvalue weighted by Crippen LogP contribution is -2.47. The molecule has 1 fully saturated rings. The highest BCUT2D eigenvalue weighted by Gasteiger charge is 2.23. The highest BCUT2D eigenvalue weighted by atomic mass is 16.5. The summed E-state index contributed by atoms with van der Waals surface area (Å²) < 4.78 is 5.93. The fourth-order valence-electron chi connectivity index (χ4n) is 3.94. The molecule has 1 heterocycles. The van der Waals surface area contributed by atoms with Gasteiger partial charge in [-0.1, -0.05) is 54.6 Å². The molecular formula is C24H32N4O2. The molecule has 1 amide bonds. The monoisotopic (exact) mass is 408 g/mol. The molecule has 1 aliphatic heterocycles. The Labute approximate surface area is 179 Å². The fraction of sp³-hybridized carbons (Fsp3) is 0.417. The van der Waals surface area contributed by atoms with Gasteiger partial charge >= 0.3 is 0 Å². The van der Waals surface area contributed by atoms with E-state index in [2.05, 4.69) is 39.5 Å². The Balaban J connectivity index is 1.54. The first kappa shape index (κ1) is 21.8. The number of carbonyl (C=O) groups is 1. The first-order chi connectivity index (χ1) is 14.7. The molecule has 0 saturated carbocycles. The minimum atomic E-state index is -0.228. The number of nitrogens with zero attached hydrogens (tertiary/aromatic N) is 2. The molecule has 0 radical (unpaired) electrons. The van der Waals surface area contributed by atoms with Crippen molar-refractivity contribution >= 4 is 11.9 Å². The van der Waals surface area contributed by atoms with E-state index in [0.29, 0.717) is 32.1 Å². The largest absolute Gasteiger partial charge is 0.372 e. The van der Waals surface area contributed by atoms with Crippen LogP contribution in [-0.4, -0.2) is 36.9 Å². The Morgan fingerprint density at radius 1 is 1.13 bits per heavy atom. The topological polar surface area (TPSA) is 80.0 Å². The number of piperidine rings is 1. The number of primary amides is 1. The van der Waals surface area contributed by atoms with E-state index in [1.54, 1.807) is 7.05 Å². The summed E-state index contributed by atoms with van der Waals surface area (Å²) in [5.41, 5.74) is 8.92. The summed E-state index contributed by atoms with van der Waals surface area (Å²) in [5.74, 6) is 0.937. The predicted octanol–water partition coefficient (Wildman–Crippen LogP) is 3.07. The molecule has 0 spiro atoms. The number of likely N-dealkylation sites (tertiary alicyclic amines) is 1. The number of rotatable bonds is 8. The molecule has 0 aliphatic carbocycles. The van der Waals surface area contributed by atoms with Crippen molar-refractivity contribution in [1.29, 1.82) is 0 Å². The quantitative estimate of drug-likeness (QED) is 0.520. The standard InChI is InChI=1S/C24H32N4O2/c1-26-24(28-13-7-10-20(16-28)14-23(25)29)27-15-21-11-5-6-12-22(21)18-30-17-19-8-3-2-4-9-19/h2-6,8-9,11-12,20H,7,10,13-18H2,1H3,(H2,25,29)(H,26,27). The van der Waals surface area contributed by atoms with Crippen LogP contribution in [0.15, 0.2) is 59.6 Å². The number of nitrogens with two attached hydrogens (primary N) is 1. The van der Waals surface area contributed by atoms with Gasteiger partial charge < -0.3 is 20.7 Å². The van der Waals surface area contributed by atoms with Crippen molar-refractivity contribution in [3.05, 3.63) is 71.3 Å². The van der Waals surface area contributed by atoms with E-state index in [1.165, 1.54) is 16.7 Å². The Kier molecular flexibility index (Phi) is 8.27. The third kappa shape index (κ3) is 6.59. The van der Waals surface area contributed by atoms with E-state index in [9.17, 15) is 4.79 Å². The molecule has 2 aromatic carbocycles. The van der Waals surface area contributed by atoms with E-state index in [0.717, 1.165) is 31.9 Å². The van der Waals surface area contributed by atoms with Crippen molar-refractivity contribution in [2.24, 2.45) is 16.6 Å². The zero-order valence-electron chi connectivity index (χ0n) is 17.7. The molecule has 160 valence electrons. The van der Waals surface area contributed by atoms with Crippen LogP contribution in [-0.2, 0) is 29.3 Å². The molecule has 6 nitrogen and oxygen atoms in total. The number of amides is 1. The van der Waals surface area contributed by atoms with Crippen molar-refractivity contribution in [2.75, 3.05) is 20.1 Å². The van der Waals surface area contributed by atoms with Gasteiger partial charge in [-0.3, -0.25) is 9.79 Å². The molecule has 3 rings (SSSR count). The van der Waals surface area contributed by atoms with Crippen LogP contribution in [0.25, 0.3) is 0 Å². The Hall–Kier alpha value is -2.86. The second-order valence-corrected chi connectivity index (χ2v) is 7.77. The first-order valence-electron chi connectivity index (χ1n) is 10.6. The maximum Gasteiger partial charge on any atom is 0.217 e. The number of benzene rings is 2. The van der Waals surface area contributed by atoms with Crippen LogP contribution in [0.2, 0.25) is 0 Å². The van der Waals surface area contributed by atoms with E-state index in [1.807, 2.05) is 30.3 Å². The minimum absolute atomic E-state index is 0.228. The van der Waals surface area contributed by atoms with Crippen LogP contribution in [0.5, 0.6) is 0 Å². The van der Waals surface area contributed by atoms with Gasteiger partial charge in [0.2, 0.25) is 5.91 Å². The molecule has 0 aromatic heterocycles. The van der Waals surface area contributed by atoms with Crippen molar-refractivity contribution in [1.82, 2.24) is 10.2 Å². The van der Waals surface area contributed by atoms with Crippen molar-refractivity contribution in [2.45, 2.75) is 39.0 Å². The number of nitrogens with one attached hydrogen (secondary N) is 1. The number of aliphatic imine (C=N–C) groups is 1. The summed E-state index contributed by atoms with van der Waals surface area (Å²) in [4.78, 5) is 18.0. The lowest BCUT2D eigenvalue weighted by Gasteiger charge is -2.34. The molecule has 30 heavy (non-hydrogen) atoms. The van der Waals surface area contributed by atoms with Crippen molar-refractivity contribution < 1.29 is 9.53 Å². The molecule has 6 heteroatoms. The number of ether oxygens (including phenoxy) is 1. The predicted molar refractivity (Wildman–Crippen MR) is 120 cm³/mol. The molecule has 2 aromatic rings. The van der Waals surface area contributed by atoms with E-state index in [4.69, 9.17) is 10.5 Å². The summed E-state index contributed by atoms with van der Waals surface area (Å²) >= 11 is 0. The van der Waals surface area contributed by atoms with E-state index in [-0.39, 0.29) is 5.91 Å². The average Bonchev–Trinajstić information content (AvgIpc) is 2.76. The lowest BCUT2D eigenvalue weighted by molar-refractivity contribution is -0.119. The minimum Gasteiger partial charge on any atom is -0.372 e. The summed E-state index contributed by atoms with van der Waals surface area (Å²) in [7, 11) is 1.80. The molecule has 1 atom stereocenters. The van der Waals surface area contributed by atoms with E-state index >= 15 is 0 Å². The van der Waals surface area contributed by atoms with Gasteiger partial charge in [0.05, 0.1) is 13.2 Å². The van der Waals surface area contributed by atoms with Gasteiger partial charge in [0.15, 0.2) is 5.96 Å².